The van der Waals surface area contributed by atoms with Gasteiger partial charge in [-0.25, -0.2) is 13.1 Å². The summed E-state index contributed by atoms with van der Waals surface area (Å²) < 4.78 is 32.5. The number of rotatable bonds is 14. The van der Waals surface area contributed by atoms with E-state index >= 15 is 0 Å². The summed E-state index contributed by atoms with van der Waals surface area (Å²) in [5.74, 6) is 0.162. The molecule has 1 atom stereocenters. The molecule has 2 N–H and O–H groups in total. The Morgan fingerprint density at radius 2 is 1.44 bits per heavy atom. The lowest BCUT2D eigenvalue weighted by Crippen LogP contribution is -2.43. The van der Waals surface area contributed by atoms with Gasteiger partial charge in [0.2, 0.25) is 21.8 Å². The summed E-state index contributed by atoms with van der Waals surface area (Å²) in [7, 11) is -1.98. The van der Waals surface area contributed by atoms with Gasteiger partial charge >= 0.3 is 0 Å². The zero-order valence-electron chi connectivity index (χ0n) is 24.4. The molecule has 0 aliphatic rings. The van der Waals surface area contributed by atoms with Crippen molar-refractivity contribution >= 4 is 21.8 Å². The Labute approximate surface area is 253 Å². The van der Waals surface area contributed by atoms with Crippen molar-refractivity contribution in [3.63, 3.8) is 0 Å². The predicted molar refractivity (Wildman–Crippen MR) is 167 cm³/mol. The van der Waals surface area contributed by atoms with Crippen LogP contribution in [0.15, 0.2) is 114 Å². The molecular weight excluding hydrogens is 562 g/mol. The highest BCUT2D eigenvalue weighted by Crippen LogP contribution is 2.26. The summed E-state index contributed by atoms with van der Waals surface area (Å²) in [5.41, 5.74) is 3.24. The van der Waals surface area contributed by atoms with Crippen LogP contribution >= 0.6 is 0 Å². The second kappa shape index (κ2) is 15.1. The Morgan fingerprint density at radius 3 is 2.09 bits per heavy atom. The molecule has 4 aromatic carbocycles. The predicted octanol–water partition coefficient (Wildman–Crippen LogP) is 5.01. The number of amides is 2. The number of methoxy groups -OCH3 is 1. The average molecular weight is 600 g/mol. The van der Waals surface area contributed by atoms with E-state index in [9.17, 15) is 18.0 Å². The topological polar surface area (TPSA) is 105 Å². The Balaban J connectivity index is 1.59. The van der Waals surface area contributed by atoms with Gasteiger partial charge in [-0.2, -0.15) is 0 Å². The Kier molecular flexibility index (Phi) is 11.1. The molecule has 0 aromatic heterocycles. The lowest BCUT2D eigenvalue weighted by molar-refractivity contribution is -0.141. The molecule has 43 heavy (non-hydrogen) atoms. The first-order valence-electron chi connectivity index (χ1n) is 14.2. The van der Waals surface area contributed by atoms with Crippen LogP contribution in [0.1, 0.15) is 41.6 Å². The molecule has 8 nitrogen and oxygen atoms in total. The Morgan fingerprint density at radius 1 is 0.814 bits per heavy atom. The molecule has 9 heteroatoms. The van der Waals surface area contributed by atoms with Crippen molar-refractivity contribution in [2.24, 2.45) is 0 Å². The van der Waals surface area contributed by atoms with E-state index in [-0.39, 0.29) is 36.2 Å². The second-order valence-electron chi connectivity index (χ2n) is 10.00. The van der Waals surface area contributed by atoms with Gasteiger partial charge in [0.15, 0.2) is 0 Å². The van der Waals surface area contributed by atoms with Crippen LogP contribution in [-0.2, 0) is 39.1 Å². The molecule has 0 saturated carbocycles. The van der Waals surface area contributed by atoms with Crippen LogP contribution in [0.2, 0.25) is 0 Å². The van der Waals surface area contributed by atoms with Gasteiger partial charge in [-0.15, -0.1) is 0 Å². The summed E-state index contributed by atoms with van der Waals surface area (Å²) in [6.07, 6.45) is 0.519. The molecule has 4 rings (SSSR count). The van der Waals surface area contributed by atoms with E-state index in [1.54, 1.807) is 31.1 Å². The van der Waals surface area contributed by atoms with E-state index in [1.807, 2.05) is 84.9 Å². The van der Waals surface area contributed by atoms with Gasteiger partial charge in [0.05, 0.1) is 12.0 Å². The number of nitrogens with one attached hydrogen (secondary N) is 2. The molecular formula is C34H37N3O5S. The fourth-order valence-corrected chi connectivity index (χ4v) is 5.88. The average Bonchev–Trinajstić information content (AvgIpc) is 3.03. The summed E-state index contributed by atoms with van der Waals surface area (Å²) in [5, 5.41) is 3.02. The smallest absolute Gasteiger partial charge is 0.247 e. The molecule has 0 bridgehead atoms. The molecule has 0 aliphatic carbocycles. The highest BCUT2D eigenvalue weighted by atomic mass is 32.2. The van der Waals surface area contributed by atoms with E-state index in [1.165, 1.54) is 12.1 Å². The summed E-state index contributed by atoms with van der Waals surface area (Å²) in [6, 6.07) is 31.9. The molecule has 0 unspecified atom stereocenters. The van der Waals surface area contributed by atoms with Gasteiger partial charge in [0.1, 0.15) is 11.8 Å². The van der Waals surface area contributed by atoms with Gasteiger partial charge in [-0.3, -0.25) is 9.59 Å². The number of hydrogen-bond donors (Lipinski definition) is 2. The number of benzene rings is 4. The highest BCUT2D eigenvalue weighted by molar-refractivity contribution is 7.89. The van der Waals surface area contributed by atoms with E-state index in [2.05, 4.69) is 10.0 Å². The SMILES string of the molecule is CCNS(=O)(=O)c1ccc(CCC(=O)N(Cc2ccccc2)[C@H](C(=O)NCc2ccccc2OC)c2ccccc2)cc1. The van der Waals surface area contributed by atoms with Gasteiger partial charge in [-0.1, -0.05) is 97.9 Å². The zero-order chi connectivity index (χ0) is 30.7. The molecule has 224 valence electrons. The molecule has 0 aliphatic heterocycles. The van der Waals surface area contributed by atoms with Crippen LogP contribution in [0.4, 0.5) is 0 Å². The monoisotopic (exact) mass is 599 g/mol. The fourth-order valence-electron chi connectivity index (χ4n) is 4.84. The van der Waals surface area contributed by atoms with Crippen molar-refractivity contribution in [2.45, 2.75) is 43.8 Å². The van der Waals surface area contributed by atoms with Crippen LogP contribution in [0.25, 0.3) is 0 Å². The Bertz CT molecular complexity index is 1590. The minimum Gasteiger partial charge on any atom is -0.496 e. The van der Waals surface area contributed by atoms with Crippen molar-refractivity contribution in [1.82, 2.24) is 14.9 Å². The summed E-state index contributed by atoms with van der Waals surface area (Å²) in [4.78, 5) is 29.6. The van der Waals surface area contributed by atoms with E-state index in [0.29, 0.717) is 24.3 Å². The van der Waals surface area contributed by atoms with E-state index < -0.39 is 16.1 Å². The summed E-state index contributed by atoms with van der Waals surface area (Å²) in [6.45, 7) is 2.49. The van der Waals surface area contributed by atoms with E-state index in [4.69, 9.17) is 4.74 Å². The van der Waals surface area contributed by atoms with Crippen LogP contribution < -0.4 is 14.8 Å². The van der Waals surface area contributed by atoms with Crippen LogP contribution in [0.5, 0.6) is 5.75 Å². The van der Waals surface area contributed by atoms with Gasteiger partial charge in [0, 0.05) is 31.6 Å². The number of nitrogens with zero attached hydrogens (tertiary/aromatic N) is 1. The van der Waals surface area contributed by atoms with Crippen molar-refractivity contribution in [1.29, 1.82) is 0 Å². The maximum atomic E-state index is 13.9. The van der Waals surface area contributed by atoms with Crippen LogP contribution in [-0.4, -0.2) is 38.8 Å². The van der Waals surface area contributed by atoms with Crippen molar-refractivity contribution in [3.05, 3.63) is 131 Å². The molecule has 2 amide bonds. The Hall–Kier alpha value is -4.47. The quantitative estimate of drug-likeness (QED) is 0.212. The molecule has 0 spiro atoms. The molecule has 0 saturated heterocycles. The number of para-hydroxylation sites is 1. The van der Waals surface area contributed by atoms with Crippen LogP contribution in [0, 0.1) is 0 Å². The number of sulfonamides is 1. The number of hydrogen-bond acceptors (Lipinski definition) is 5. The zero-order valence-corrected chi connectivity index (χ0v) is 25.2. The number of carbonyl (C=O) groups is 2. The van der Waals surface area contributed by atoms with Gasteiger partial charge in [0.25, 0.3) is 0 Å². The largest absolute Gasteiger partial charge is 0.496 e. The van der Waals surface area contributed by atoms with Crippen molar-refractivity contribution < 1.29 is 22.7 Å². The lowest BCUT2D eigenvalue weighted by atomic mass is 10.0. The van der Waals surface area contributed by atoms with Crippen LogP contribution in [0.3, 0.4) is 0 Å². The first-order chi connectivity index (χ1) is 20.8. The van der Waals surface area contributed by atoms with E-state index in [0.717, 1.165) is 16.7 Å². The molecule has 0 radical (unpaired) electrons. The number of carbonyl (C=O) groups excluding carboxylic acids is 2. The molecule has 4 aromatic rings. The third-order valence-electron chi connectivity index (χ3n) is 7.03. The highest BCUT2D eigenvalue weighted by Gasteiger charge is 2.31. The molecule has 0 heterocycles. The lowest BCUT2D eigenvalue weighted by Gasteiger charge is -2.32. The minimum atomic E-state index is -3.57. The maximum absolute atomic E-state index is 13.9. The van der Waals surface area contributed by atoms with Gasteiger partial charge < -0.3 is 15.0 Å². The third kappa shape index (κ3) is 8.53. The fraction of sp³-hybridized carbons (Fsp3) is 0.235. The van der Waals surface area contributed by atoms with Gasteiger partial charge in [-0.05, 0) is 41.3 Å². The van der Waals surface area contributed by atoms with Crippen molar-refractivity contribution in [2.75, 3.05) is 13.7 Å². The summed E-state index contributed by atoms with van der Waals surface area (Å²) >= 11 is 0. The normalized spacial score (nSPS) is 11.9. The molecule has 0 fully saturated rings. The minimum absolute atomic E-state index is 0.134. The van der Waals surface area contributed by atoms with Crippen molar-refractivity contribution in [3.8, 4) is 5.75 Å². The number of ether oxygens (including phenoxy) is 1. The first kappa shape index (κ1) is 31.5. The standard InChI is InChI=1S/C34H37N3O5S/c1-3-36-43(40,41)30-21-18-26(19-22-30)20-23-32(38)37(25-27-12-6-4-7-13-27)33(28-14-8-5-9-15-28)34(39)35-24-29-16-10-11-17-31(29)42-2/h4-19,21-22,33,36H,3,20,23-25H2,1-2H3,(H,35,39)/t33-/m0/s1. The second-order valence-corrected chi connectivity index (χ2v) is 11.8. The third-order valence-corrected chi connectivity index (χ3v) is 8.59. The first-order valence-corrected chi connectivity index (χ1v) is 15.7. The number of aryl methyl sites for hydroxylation is 1. The maximum Gasteiger partial charge on any atom is 0.247 e.